The second kappa shape index (κ2) is 7.25. The molecule has 0 aliphatic carbocycles. The number of nitrogens with zero attached hydrogens (tertiary/aromatic N) is 2. The van der Waals surface area contributed by atoms with Crippen molar-refractivity contribution in [1.82, 2.24) is 9.80 Å². The third-order valence-electron chi connectivity index (χ3n) is 4.36. The molecule has 1 aliphatic rings. The summed E-state index contributed by atoms with van der Waals surface area (Å²) in [7, 11) is 1.74. The summed E-state index contributed by atoms with van der Waals surface area (Å²) < 4.78 is 5.50. The van der Waals surface area contributed by atoms with E-state index in [1.54, 1.807) is 7.11 Å². The van der Waals surface area contributed by atoms with Crippen molar-refractivity contribution in [2.24, 2.45) is 5.73 Å². The van der Waals surface area contributed by atoms with E-state index in [1.165, 1.54) is 11.1 Å². The summed E-state index contributed by atoms with van der Waals surface area (Å²) in [5.74, 6) is 0.964. The lowest BCUT2D eigenvalue weighted by Gasteiger charge is -2.37. The zero-order chi connectivity index (χ0) is 15.4. The first-order chi connectivity index (χ1) is 10.0. The van der Waals surface area contributed by atoms with E-state index in [9.17, 15) is 0 Å². The van der Waals surface area contributed by atoms with Crippen LogP contribution in [0, 0.1) is 0 Å². The van der Waals surface area contributed by atoms with Crippen molar-refractivity contribution < 1.29 is 4.74 Å². The van der Waals surface area contributed by atoms with Crippen molar-refractivity contribution >= 4 is 0 Å². The molecule has 0 bridgehead atoms. The van der Waals surface area contributed by atoms with E-state index in [0.717, 1.165) is 38.5 Å². The van der Waals surface area contributed by atoms with E-state index in [1.807, 2.05) is 13.0 Å². The van der Waals surface area contributed by atoms with Gasteiger partial charge >= 0.3 is 0 Å². The summed E-state index contributed by atoms with van der Waals surface area (Å²) in [4.78, 5) is 5.04. The fraction of sp³-hybridized carbons (Fsp3) is 0.647. The third kappa shape index (κ3) is 4.19. The molecule has 4 nitrogen and oxygen atoms in total. The molecule has 1 heterocycles. The number of benzene rings is 1. The zero-order valence-electron chi connectivity index (χ0n) is 13.8. The first-order valence-corrected chi connectivity index (χ1v) is 7.90. The van der Waals surface area contributed by atoms with Crippen LogP contribution in [0.4, 0.5) is 0 Å². The number of hydrogen-bond acceptors (Lipinski definition) is 4. The highest BCUT2D eigenvalue weighted by atomic mass is 16.5. The molecule has 1 aromatic carbocycles. The summed E-state index contributed by atoms with van der Waals surface area (Å²) in [6.45, 7) is 12.0. The zero-order valence-corrected chi connectivity index (χ0v) is 13.8. The van der Waals surface area contributed by atoms with Gasteiger partial charge in [0.15, 0.2) is 0 Å². The molecular formula is C17H29N3O. The van der Waals surface area contributed by atoms with Gasteiger partial charge in [0.2, 0.25) is 0 Å². The van der Waals surface area contributed by atoms with Crippen LogP contribution in [-0.2, 0) is 6.54 Å². The molecule has 0 spiro atoms. The normalized spacial score (nSPS) is 19.0. The maximum atomic E-state index is 6.00. The number of hydrogen-bond donors (Lipinski definition) is 1. The smallest absolute Gasteiger partial charge is 0.123 e. The molecule has 0 saturated carbocycles. The van der Waals surface area contributed by atoms with E-state index in [4.69, 9.17) is 10.5 Å². The van der Waals surface area contributed by atoms with Gasteiger partial charge in [-0.2, -0.15) is 0 Å². The van der Waals surface area contributed by atoms with Crippen LogP contribution in [0.25, 0.3) is 0 Å². The average Bonchev–Trinajstić information content (AvgIpc) is 2.47. The van der Waals surface area contributed by atoms with Gasteiger partial charge in [-0.3, -0.25) is 9.80 Å². The first-order valence-electron chi connectivity index (χ1n) is 7.90. The van der Waals surface area contributed by atoms with Crippen LogP contribution in [-0.4, -0.2) is 49.1 Å². The Labute approximate surface area is 128 Å². The van der Waals surface area contributed by atoms with Crippen LogP contribution in [0.5, 0.6) is 5.75 Å². The number of ether oxygens (including phenoxy) is 1. The molecule has 4 heteroatoms. The average molecular weight is 291 g/mol. The molecular weight excluding hydrogens is 262 g/mol. The van der Waals surface area contributed by atoms with Crippen molar-refractivity contribution in [1.29, 1.82) is 0 Å². The lowest BCUT2D eigenvalue weighted by atomic mass is 10.0. The molecule has 2 rings (SSSR count). The maximum absolute atomic E-state index is 6.00. The highest BCUT2D eigenvalue weighted by molar-refractivity contribution is 5.38. The second-order valence-electron chi connectivity index (χ2n) is 6.27. The Kier molecular flexibility index (Phi) is 5.62. The highest BCUT2D eigenvalue weighted by Gasteiger charge is 2.20. The van der Waals surface area contributed by atoms with Gasteiger partial charge in [0, 0.05) is 50.4 Å². The van der Waals surface area contributed by atoms with Gasteiger partial charge in [0.05, 0.1) is 7.11 Å². The Morgan fingerprint density at radius 2 is 1.81 bits per heavy atom. The summed E-state index contributed by atoms with van der Waals surface area (Å²) in [5, 5.41) is 0. The Morgan fingerprint density at radius 3 is 2.33 bits per heavy atom. The SMILES string of the molecule is COc1ccc(C(C)N)cc1CN1CCN(C(C)C)CC1. The molecule has 0 amide bonds. The summed E-state index contributed by atoms with van der Waals surface area (Å²) >= 11 is 0. The van der Waals surface area contributed by atoms with Crippen molar-refractivity contribution in [3.8, 4) is 5.75 Å². The van der Waals surface area contributed by atoms with Crippen LogP contribution in [0.3, 0.4) is 0 Å². The predicted molar refractivity (Wildman–Crippen MR) is 87.6 cm³/mol. The van der Waals surface area contributed by atoms with Gasteiger partial charge in [-0.15, -0.1) is 0 Å². The van der Waals surface area contributed by atoms with Gasteiger partial charge in [0.25, 0.3) is 0 Å². The van der Waals surface area contributed by atoms with Crippen molar-refractivity contribution in [2.75, 3.05) is 33.3 Å². The highest BCUT2D eigenvalue weighted by Crippen LogP contribution is 2.24. The number of nitrogens with two attached hydrogens (primary N) is 1. The van der Waals surface area contributed by atoms with E-state index < -0.39 is 0 Å². The van der Waals surface area contributed by atoms with Crippen LogP contribution >= 0.6 is 0 Å². The van der Waals surface area contributed by atoms with Gasteiger partial charge in [-0.05, 0) is 38.5 Å². The van der Waals surface area contributed by atoms with E-state index >= 15 is 0 Å². The Balaban J connectivity index is 2.04. The topological polar surface area (TPSA) is 41.7 Å². The van der Waals surface area contributed by atoms with Crippen molar-refractivity contribution in [2.45, 2.75) is 39.4 Å². The fourth-order valence-corrected chi connectivity index (χ4v) is 2.88. The molecule has 21 heavy (non-hydrogen) atoms. The fourth-order valence-electron chi connectivity index (χ4n) is 2.88. The largest absolute Gasteiger partial charge is 0.496 e. The summed E-state index contributed by atoms with van der Waals surface area (Å²) in [5.41, 5.74) is 8.41. The van der Waals surface area contributed by atoms with Gasteiger partial charge < -0.3 is 10.5 Å². The van der Waals surface area contributed by atoms with Gasteiger partial charge in [0.1, 0.15) is 5.75 Å². The molecule has 118 valence electrons. The molecule has 1 atom stereocenters. The minimum atomic E-state index is 0.0624. The minimum absolute atomic E-state index is 0.0624. The van der Waals surface area contributed by atoms with Gasteiger partial charge in [-0.1, -0.05) is 6.07 Å². The summed E-state index contributed by atoms with van der Waals surface area (Å²) in [6, 6.07) is 7.00. The third-order valence-corrected chi connectivity index (χ3v) is 4.36. The number of piperazine rings is 1. The lowest BCUT2D eigenvalue weighted by molar-refractivity contribution is 0.103. The number of methoxy groups -OCH3 is 1. The molecule has 0 radical (unpaired) electrons. The minimum Gasteiger partial charge on any atom is -0.496 e. The number of rotatable bonds is 5. The monoisotopic (exact) mass is 291 g/mol. The molecule has 0 aromatic heterocycles. The molecule has 1 fully saturated rings. The van der Waals surface area contributed by atoms with Crippen molar-refractivity contribution in [3.05, 3.63) is 29.3 Å². The molecule has 1 aromatic rings. The van der Waals surface area contributed by atoms with Gasteiger partial charge in [-0.25, -0.2) is 0 Å². The van der Waals surface area contributed by atoms with Crippen molar-refractivity contribution in [3.63, 3.8) is 0 Å². The molecule has 1 saturated heterocycles. The van der Waals surface area contributed by atoms with Crippen LogP contribution in [0.2, 0.25) is 0 Å². The van der Waals surface area contributed by atoms with E-state index in [-0.39, 0.29) is 6.04 Å². The molecule has 1 unspecified atom stereocenters. The maximum Gasteiger partial charge on any atom is 0.123 e. The second-order valence-corrected chi connectivity index (χ2v) is 6.27. The Hall–Kier alpha value is -1.10. The summed E-state index contributed by atoms with van der Waals surface area (Å²) in [6.07, 6.45) is 0. The lowest BCUT2D eigenvalue weighted by Crippen LogP contribution is -2.48. The predicted octanol–water partition coefficient (Wildman–Crippen LogP) is 2.24. The Bertz CT molecular complexity index is 451. The van der Waals surface area contributed by atoms with E-state index in [2.05, 4.69) is 35.8 Å². The van der Waals surface area contributed by atoms with Crippen LogP contribution in [0.1, 0.15) is 37.9 Å². The van der Waals surface area contributed by atoms with Crippen LogP contribution < -0.4 is 10.5 Å². The molecule has 2 N–H and O–H groups in total. The van der Waals surface area contributed by atoms with E-state index in [0.29, 0.717) is 6.04 Å². The van der Waals surface area contributed by atoms with Crippen LogP contribution in [0.15, 0.2) is 18.2 Å². The quantitative estimate of drug-likeness (QED) is 0.903. The molecule has 1 aliphatic heterocycles. The standard InChI is InChI=1S/C17H29N3O/c1-13(2)20-9-7-19(8-10-20)12-16-11-15(14(3)18)5-6-17(16)21-4/h5-6,11,13-14H,7-10,12,18H2,1-4H3. The first kappa shape index (κ1) is 16.3. The Morgan fingerprint density at radius 1 is 1.14 bits per heavy atom.